The van der Waals surface area contributed by atoms with Crippen molar-refractivity contribution >= 4 is 17.7 Å². The minimum Gasteiger partial charge on any atom is -0.478 e. The number of pyridine rings is 1. The largest absolute Gasteiger partial charge is 0.478 e. The van der Waals surface area contributed by atoms with E-state index in [0.29, 0.717) is 4.90 Å². The number of hydrogen-bond acceptors (Lipinski definition) is 3. The van der Waals surface area contributed by atoms with E-state index in [2.05, 4.69) is 10.3 Å². The van der Waals surface area contributed by atoms with Gasteiger partial charge in [0.05, 0.1) is 17.4 Å². The van der Waals surface area contributed by atoms with Gasteiger partial charge < -0.3 is 15.3 Å². The third-order valence-corrected chi connectivity index (χ3v) is 2.00. The molecule has 2 amide bonds. The molecule has 1 heterocycles. The van der Waals surface area contributed by atoms with E-state index in [0.717, 1.165) is 25.5 Å². The number of amides is 2. The Labute approximate surface area is 105 Å². The van der Waals surface area contributed by atoms with Crippen LogP contribution in [0.2, 0.25) is 0 Å². The highest BCUT2D eigenvalue weighted by atomic mass is 19.4. The molecule has 0 fully saturated rings. The maximum atomic E-state index is 12.1. The number of carboxylic acid groups (broad SMARTS) is 1. The predicted molar refractivity (Wildman–Crippen MR) is 58.9 cm³/mol. The van der Waals surface area contributed by atoms with E-state index < -0.39 is 24.7 Å². The molecule has 0 radical (unpaired) electrons. The summed E-state index contributed by atoms with van der Waals surface area (Å²) in [5.74, 6) is -1.26. The van der Waals surface area contributed by atoms with Crippen molar-refractivity contribution in [1.29, 1.82) is 0 Å². The van der Waals surface area contributed by atoms with E-state index in [1.807, 2.05) is 0 Å². The van der Waals surface area contributed by atoms with Gasteiger partial charge in [0, 0.05) is 13.2 Å². The van der Waals surface area contributed by atoms with Gasteiger partial charge in [-0.3, -0.25) is 4.98 Å². The molecule has 0 spiro atoms. The fraction of sp³-hybridized carbons (Fsp3) is 0.300. The second-order valence-corrected chi connectivity index (χ2v) is 3.67. The summed E-state index contributed by atoms with van der Waals surface area (Å²) in [5.41, 5.74) is -0.185. The number of aromatic carboxylic acids is 1. The van der Waals surface area contributed by atoms with Crippen LogP contribution >= 0.6 is 0 Å². The number of nitrogens with one attached hydrogen (secondary N) is 1. The first-order chi connectivity index (χ1) is 8.69. The molecular weight excluding hydrogens is 267 g/mol. The van der Waals surface area contributed by atoms with Crippen LogP contribution in [0, 0.1) is 0 Å². The lowest BCUT2D eigenvalue weighted by molar-refractivity contribution is -0.137. The van der Waals surface area contributed by atoms with Gasteiger partial charge in [-0.15, -0.1) is 0 Å². The van der Waals surface area contributed by atoms with Crippen LogP contribution in [0.1, 0.15) is 10.4 Å². The minimum absolute atomic E-state index is 0.000996. The second-order valence-electron chi connectivity index (χ2n) is 3.67. The van der Waals surface area contributed by atoms with E-state index in [-0.39, 0.29) is 11.3 Å². The van der Waals surface area contributed by atoms with Gasteiger partial charge in [0.2, 0.25) is 0 Å². The lowest BCUT2D eigenvalue weighted by Gasteiger charge is -2.19. The van der Waals surface area contributed by atoms with Crippen molar-refractivity contribution in [3.63, 3.8) is 0 Å². The molecule has 6 nitrogen and oxygen atoms in total. The number of nitrogens with zero attached hydrogens (tertiary/aromatic N) is 2. The normalized spacial score (nSPS) is 10.9. The van der Waals surface area contributed by atoms with Crippen LogP contribution in [-0.4, -0.2) is 46.8 Å². The van der Waals surface area contributed by atoms with Crippen molar-refractivity contribution in [2.75, 3.05) is 18.9 Å². The summed E-state index contributed by atoms with van der Waals surface area (Å²) >= 11 is 0. The number of anilines is 1. The van der Waals surface area contributed by atoms with Gasteiger partial charge in [-0.1, -0.05) is 0 Å². The van der Waals surface area contributed by atoms with Crippen LogP contribution in [0.15, 0.2) is 18.5 Å². The maximum Gasteiger partial charge on any atom is 0.406 e. The van der Waals surface area contributed by atoms with Crippen molar-refractivity contribution in [2.45, 2.75) is 6.18 Å². The van der Waals surface area contributed by atoms with Gasteiger partial charge >= 0.3 is 18.2 Å². The van der Waals surface area contributed by atoms with Crippen molar-refractivity contribution in [3.05, 3.63) is 24.0 Å². The number of carboxylic acids is 1. The Bertz CT molecular complexity index is 490. The lowest BCUT2D eigenvalue weighted by atomic mass is 10.2. The predicted octanol–water partition coefficient (Wildman–Crippen LogP) is 1.81. The number of rotatable bonds is 3. The van der Waals surface area contributed by atoms with Crippen LogP contribution in [0.25, 0.3) is 0 Å². The maximum absolute atomic E-state index is 12.1. The van der Waals surface area contributed by atoms with E-state index in [9.17, 15) is 22.8 Å². The third-order valence-electron chi connectivity index (χ3n) is 2.00. The molecule has 0 aliphatic rings. The number of hydrogen-bond donors (Lipinski definition) is 2. The van der Waals surface area contributed by atoms with E-state index in [4.69, 9.17) is 5.11 Å². The average molecular weight is 277 g/mol. The average Bonchev–Trinajstić information content (AvgIpc) is 2.27. The van der Waals surface area contributed by atoms with Gasteiger partial charge in [0.1, 0.15) is 6.54 Å². The molecule has 19 heavy (non-hydrogen) atoms. The van der Waals surface area contributed by atoms with Crippen molar-refractivity contribution in [3.8, 4) is 0 Å². The topological polar surface area (TPSA) is 82.5 Å². The van der Waals surface area contributed by atoms with Crippen molar-refractivity contribution in [1.82, 2.24) is 9.88 Å². The fourth-order valence-corrected chi connectivity index (χ4v) is 1.18. The highest BCUT2D eigenvalue weighted by molar-refractivity contribution is 5.92. The molecule has 9 heteroatoms. The molecule has 0 aliphatic carbocycles. The lowest BCUT2D eigenvalue weighted by Crippen LogP contribution is -2.38. The Kier molecular flexibility index (Phi) is 4.30. The monoisotopic (exact) mass is 277 g/mol. The first kappa shape index (κ1) is 14.7. The summed E-state index contributed by atoms with van der Waals surface area (Å²) in [4.78, 5) is 26.0. The summed E-state index contributed by atoms with van der Waals surface area (Å²) in [6.45, 7) is -1.41. The second kappa shape index (κ2) is 5.55. The van der Waals surface area contributed by atoms with E-state index in [1.54, 1.807) is 0 Å². The molecule has 1 rings (SSSR count). The summed E-state index contributed by atoms with van der Waals surface area (Å²) < 4.78 is 36.2. The summed E-state index contributed by atoms with van der Waals surface area (Å²) in [5, 5.41) is 10.8. The summed E-state index contributed by atoms with van der Waals surface area (Å²) in [6, 6.07) is 0.0796. The Morgan fingerprint density at radius 1 is 1.42 bits per heavy atom. The van der Waals surface area contributed by atoms with Crippen LogP contribution in [0.5, 0.6) is 0 Å². The fourth-order valence-electron chi connectivity index (χ4n) is 1.18. The molecular formula is C10H10F3N3O3. The van der Waals surface area contributed by atoms with Gasteiger partial charge in [-0.2, -0.15) is 13.2 Å². The van der Waals surface area contributed by atoms with Gasteiger partial charge in [-0.05, 0) is 6.07 Å². The van der Waals surface area contributed by atoms with Gasteiger partial charge in [0.15, 0.2) is 0 Å². The summed E-state index contributed by atoms with van der Waals surface area (Å²) in [6.07, 6.45) is -2.32. The highest BCUT2D eigenvalue weighted by Gasteiger charge is 2.31. The zero-order valence-electron chi connectivity index (χ0n) is 9.73. The Hall–Kier alpha value is -2.32. The number of carbonyl (C=O) groups is 2. The SMILES string of the molecule is CN(CC(F)(F)F)C(=O)Nc1cncc(C(=O)O)c1. The molecule has 0 atom stereocenters. The molecule has 1 aromatic heterocycles. The number of halogens is 3. The molecule has 0 bridgehead atoms. The third kappa shape index (κ3) is 4.82. The smallest absolute Gasteiger partial charge is 0.406 e. The number of urea groups is 1. The highest BCUT2D eigenvalue weighted by Crippen LogP contribution is 2.16. The first-order valence-electron chi connectivity index (χ1n) is 4.96. The molecule has 0 unspecified atom stereocenters. The number of carbonyl (C=O) groups excluding carboxylic acids is 1. The van der Waals surface area contributed by atoms with Crippen LogP contribution in [-0.2, 0) is 0 Å². The summed E-state index contributed by atoms with van der Waals surface area (Å²) in [7, 11) is 0.970. The van der Waals surface area contributed by atoms with Crippen LogP contribution in [0.3, 0.4) is 0 Å². The quantitative estimate of drug-likeness (QED) is 0.882. The van der Waals surface area contributed by atoms with Crippen molar-refractivity contribution < 1.29 is 27.9 Å². The zero-order chi connectivity index (χ0) is 14.6. The molecule has 104 valence electrons. The molecule has 1 aromatic rings. The van der Waals surface area contributed by atoms with E-state index >= 15 is 0 Å². The molecule has 2 N–H and O–H groups in total. The minimum atomic E-state index is -4.51. The van der Waals surface area contributed by atoms with Crippen LogP contribution < -0.4 is 5.32 Å². The van der Waals surface area contributed by atoms with Crippen LogP contribution in [0.4, 0.5) is 23.7 Å². The van der Waals surface area contributed by atoms with Gasteiger partial charge in [0.25, 0.3) is 0 Å². The van der Waals surface area contributed by atoms with Crippen molar-refractivity contribution in [2.24, 2.45) is 0 Å². The van der Waals surface area contributed by atoms with E-state index in [1.165, 1.54) is 0 Å². The molecule has 0 aromatic carbocycles. The molecule has 0 saturated carbocycles. The Morgan fingerprint density at radius 3 is 2.58 bits per heavy atom. The Morgan fingerprint density at radius 2 is 2.05 bits per heavy atom. The molecule has 0 saturated heterocycles. The number of aromatic nitrogens is 1. The standard InChI is InChI=1S/C10H10F3N3O3/c1-16(5-10(11,12)13)9(19)15-7-2-6(8(17)18)3-14-4-7/h2-4H,5H2,1H3,(H,15,19)(H,17,18). The molecule has 0 aliphatic heterocycles. The zero-order valence-corrected chi connectivity index (χ0v) is 9.73. The number of alkyl halides is 3. The first-order valence-corrected chi connectivity index (χ1v) is 4.96. The van der Waals surface area contributed by atoms with Gasteiger partial charge in [-0.25, -0.2) is 9.59 Å². The Balaban J connectivity index is 2.71.